The van der Waals surface area contributed by atoms with E-state index >= 15 is 0 Å². The van der Waals surface area contributed by atoms with Gasteiger partial charge in [0.05, 0.1) is 5.60 Å². The molecule has 1 aliphatic rings. The van der Waals surface area contributed by atoms with Crippen molar-refractivity contribution in [1.29, 1.82) is 0 Å². The Hall–Kier alpha value is -0.0800. The highest BCUT2D eigenvalue weighted by atomic mass is 16.3. The van der Waals surface area contributed by atoms with Crippen molar-refractivity contribution in [3.05, 3.63) is 0 Å². The molecule has 1 N–H and O–H groups in total. The lowest BCUT2D eigenvalue weighted by Gasteiger charge is -2.49. The van der Waals surface area contributed by atoms with Gasteiger partial charge in [0, 0.05) is 18.6 Å². The topological polar surface area (TPSA) is 23.5 Å². The first kappa shape index (κ1) is 13.0. The molecule has 0 aliphatic carbocycles. The van der Waals surface area contributed by atoms with Crippen LogP contribution in [0.1, 0.15) is 54.4 Å². The lowest BCUT2D eigenvalue weighted by molar-refractivity contribution is -0.109. The molecular formula is C13H27NO. The van der Waals surface area contributed by atoms with Crippen molar-refractivity contribution in [2.45, 2.75) is 65.5 Å². The molecular weight excluding hydrogens is 186 g/mol. The normalized spacial score (nSPS) is 24.2. The molecule has 0 unspecified atom stereocenters. The third-order valence-electron chi connectivity index (χ3n) is 3.94. The summed E-state index contributed by atoms with van der Waals surface area (Å²) in [6.45, 7) is 15.2. The van der Waals surface area contributed by atoms with Crippen LogP contribution in [0.4, 0.5) is 0 Å². The van der Waals surface area contributed by atoms with E-state index in [0.29, 0.717) is 0 Å². The fourth-order valence-electron chi connectivity index (χ4n) is 2.30. The molecule has 0 aromatic heterocycles. The van der Waals surface area contributed by atoms with E-state index in [9.17, 15) is 5.11 Å². The van der Waals surface area contributed by atoms with E-state index in [1.807, 2.05) is 0 Å². The monoisotopic (exact) mass is 213 g/mol. The van der Waals surface area contributed by atoms with E-state index in [-0.39, 0.29) is 11.0 Å². The van der Waals surface area contributed by atoms with Crippen molar-refractivity contribution >= 4 is 0 Å². The Morgan fingerprint density at radius 3 is 1.60 bits per heavy atom. The molecule has 0 aromatic rings. The molecule has 2 nitrogen and oxygen atoms in total. The summed E-state index contributed by atoms with van der Waals surface area (Å²) in [5.41, 5.74) is -0.245. The van der Waals surface area contributed by atoms with Crippen molar-refractivity contribution in [1.82, 2.24) is 4.90 Å². The molecule has 1 saturated heterocycles. The first-order valence-electron chi connectivity index (χ1n) is 6.04. The van der Waals surface area contributed by atoms with Crippen molar-refractivity contribution in [2.24, 2.45) is 5.41 Å². The first-order chi connectivity index (χ1) is 6.56. The van der Waals surface area contributed by atoms with Crippen molar-refractivity contribution < 1.29 is 5.11 Å². The highest BCUT2D eigenvalue weighted by Crippen LogP contribution is 2.39. The number of aliphatic hydroxyl groups is 1. The minimum Gasteiger partial charge on any atom is -0.389 e. The molecule has 2 heteroatoms. The zero-order chi connectivity index (χ0) is 11.9. The van der Waals surface area contributed by atoms with Crippen LogP contribution >= 0.6 is 0 Å². The molecule has 1 fully saturated rings. The second-order valence-corrected chi connectivity index (χ2v) is 6.94. The van der Waals surface area contributed by atoms with Gasteiger partial charge in [-0.05, 0) is 39.0 Å². The summed E-state index contributed by atoms with van der Waals surface area (Å²) >= 11 is 0. The van der Waals surface area contributed by atoms with Crippen molar-refractivity contribution in [2.75, 3.05) is 13.1 Å². The van der Waals surface area contributed by atoms with Gasteiger partial charge in [0.1, 0.15) is 0 Å². The van der Waals surface area contributed by atoms with E-state index in [4.69, 9.17) is 0 Å². The predicted molar refractivity (Wildman–Crippen MR) is 65.0 cm³/mol. The Kier molecular flexibility index (Phi) is 3.24. The SMILES string of the molecule is CC(C)(C)N1CCC(O)(C(C)(C)C)CC1. The zero-order valence-electron chi connectivity index (χ0n) is 11.2. The molecule has 1 aliphatic heterocycles. The standard InChI is InChI=1S/C13H27NO/c1-11(2,3)13(15)7-9-14(10-8-13)12(4,5)6/h15H,7-10H2,1-6H3. The molecule has 1 heterocycles. The zero-order valence-corrected chi connectivity index (χ0v) is 11.2. The van der Waals surface area contributed by atoms with E-state index in [2.05, 4.69) is 46.4 Å². The summed E-state index contributed by atoms with van der Waals surface area (Å²) in [6.07, 6.45) is 1.79. The molecule has 0 atom stereocenters. The van der Waals surface area contributed by atoms with Gasteiger partial charge in [0.25, 0.3) is 0 Å². The fourth-order valence-corrected chi connectivity index (χ4v) is 2.30. The first-order valence-corrected chi connectivity index (χ1v) is 6.04. The number of hydrogen-bond acceptors (Lipinski definition) is 2. The minimum absolute atomic E-state index is 0.00300. The second kappa shape index (κ2) is 3.74. The molecule has 0 saturated carbocycles. The van der Waals surface area contributed by atoms with Crippen LogP contribution in [0.2, 0.25) is 0 Å². The van der Waals surface area contributed by atoms with E-state index in [1.165, 1.54) is 0 Å². The summed E-state index contributed by atoms with van der Waals surface area (Å²) in [4.78, 5) is 2.47. The highest BCUT2D eigenvalue weighted by Gasteiger charge is 2.43. The molecule has 0 bridgehead atoms. The van der Waals surface area contributed by atoms with E-state index in [0.717, 1.165) is 25.9 Å². The van der Waals surface area contributed by atoms with Crippen LogP contribution in [0.3, 0.4) is 0 Å². The maximum Gasteiger partial charge on any atom is 0.0720 e. The van der Waals surface area contributed by atoms with Crippen molar-refractivity contribution in [3.63, 3.8) is 0 Å². The van der Waals surface area contributed by atoms with Crippen LogP contribution in [0.5, 0.6) is 0 Å². The van der Waals surface area contributed by atoms with Crippen LogP contribution in [0, 0.1) is 5.41 Å². The second-order valence-electron chi connectivity index (χ2n) is 6.94. The van der Waals surface area contributed by atoms with Gasteiger partial charge in [0.2, 0.25) is 0 Å². The van der Waals surface area contributed by atoms with Gasteiger partial charge in [-0.2, -0.15) is 0 Å². The van der Waals surface area contributed by atoms with Gasteiger partial charge in [-0.3, -0.25) is 4.90 Å². The molecule has 90 valence electrons. The maximum atomic E-state index is 10.6. The Morgan fingerprint density at radius 2 is 1.33 bits per heavy atom. The number of piperidine rings is 1. The van der Waals surface area contributed by atoms with Crippen LogP contribution in [0.25, 0.3) is 0 Å². The summed E-state index contributed by atoms with van der Waals surface area (Å²) in [5.74, 6) is 0. The van der Waals surface area contributed by atoms with Gasteiger partial charge >= 0.3 is 0 Å². The smallest absolute Gasteiger partial charge is 0.0720 e. The third-order valence-corrected chi connectivity index (χ3v) is 3.94. The predicted octanol–water partition coefficient (Wildman–Crippen LogP) is 2.66. The van der Waals surface area contributed by atoms with Crippen LogP contribution < -0.4 is 0 Å². The fraction of sp³-hybridized carbons (Fsp3) is 1.00. The summed E-state index contributed by atoms with van der Waals surface area (Å²) in [6, 6.07) is 0. The molecule has 1 rings (SSSR count). The summed E-state index contributed by atoms with van der Waals surface area (Å²) < 4.78 is 0. The third kappa shape index (κ3) is 2.73. The lowest BCUT2D eigenvalue weighted by atomic mass is 9.70. The molecule has 0 spiro atoms. The average molecular weight is 213 g/mol. The van der Waals surface area contributed by atoms with Gasteiger partial charge in [-0.1, -0.05) is 20.8 Å². The van der Waals surface area contributed by atoms with Crippen molar-refractivity contribution in [3.8, 4) is 0 Å². The summed E-state index contributed by atoms with van der Waals surface area (Å²) in [5, 5.41) is 10.6. The number of hydrogen-bond donors (Lipinski definition) is 1. The van der Waals surface area contributed by atoms with Crippen LogP contribution in [0.15, 0.2) is 0 Å². The number of likely N-dealkylation sites (tertiary alicyclic amines) is 1. The minimum atomic E-state index is -0.477. The largest absolute Gasteiger partial charge is 0.389 e. The molecule has 0 radical (unpaired) electrons. The Morgan fingerprint density at radius 1 is 0.933 bits per heavy atom. The van der Waals surface area contributed by atoms with Crippen LogP contribution in [-0.2, 0) is 0 Å². The number of nitrogens with zero attached hydrogens (tertiary/aromatic N) is 1. The highest BCUT2D eigenvalue weighted by molar-refractivity contribution is 4.96. The quantitative estimate of drug-likeness (QED) is 0.669. The van der Waals surface area contributed by atoms with Gasteiger partial charge in [-0.25, -0.2) is 0 Å². The maximum absolute atomic E-state index is 10.6. The Labute approximate surface area is 94.7 Å². The van der Waals surface area contributed by atoms with E-state index in [1.54, 1.807) is 0 Å². The molecule has 0 aromatic carbocycles. The van der Waals surface area contributed by atoms with Gasteiger partial charge in [0.15, 0.2) is 0 Å². The average Bonchev–Trinajstić information content (AvgIpc) is 2.01. The van der Waals surface area contributed by atoms with E-state index < -0.39 is 5.60 Å². The van der Waals surface area contributed by atoms with Crippen LogP contribution in [-0.4, -0.2) is 34.2 Å². The molecule has 15 heavy (non-hydrogen) atoms. The summed E-state index contributed by atoms with van der Waals surface area (Å²) in [7, 11) is 0. The Balaban J connectivity index is 2.64. The number of rotatable bonds is 0. The van der Waals surface area contributed by atoms with Gasteiger partial charge < -0.3 is 5.11 Å². The lowest BCUT2D eigenvalue weighted by Crippen LogP contribution is -2.55. The van der Waals surface area contributed by atoms with Gasteiger partial charge in [-0.15, -0.1) is 0 Å². The molecule has 0 amide bonds. The Bertz CT molecular complexity index is 214.